The molecule has 0 radical (unpaired) electrons. The molecule has 0 fully saturated rings. The Labute approximate surface area is 195 Å². The van der Waals surface area contributed by atoms with Crippen molar-refractivity contribution in [3.8, 4) is 11.3 Å². The van der Waals surface area contributed by atoms with Gasteiger partial charge in [-0.2, -0.15) is 10.2 Å². The summed E-state index contributed by atoms with van der Waals surface area (Å²) in [6.07, 6.45) is 5.28. The van der Waals surface area contributed by atoms with Crippen LogP contribution in [0.3, 0.4) is 0 Å². The predicted octanol–water partition coefficient (Wildman–Crippen LogP) is 5.09. The second kappa shape index (κ2) is 8.52. The lowest BCUT2D eigenvalue weighted by atomic mass is 10.0. The van der Waals surface area contributed by atoms with Crippen LogP contribution in [0.15, 0.2) is 73.2 Å². The molecule has 0 unspecified atom stereocenters. The van der Waals surface area contributed by atoms with E-state index in [4.69, 9.17) is 16.6 Å². The molecule has 0 saturated heterocycles. The van der Waals surface area contributed by atoms with E-state index in [0.717, 1.165) is 27.7 Å². The highest BCUT2D eigenvalue weighted by Gasteiger charge is 2.16. The molecule has 1 N–H and O–H groups in total. The third-order valence-corrected chi connectivity index (χ3v) is 5.58. The van der Waals surface area contributed by atoms with Crippen LogP contribution in [-0.2, 0) is 13.6 Å². The number of nitrogens with one attached hydrogen (secondary N) is 1. The summed E-state index contributed by atoms with van der Waals surface area (Å²) in [6.45, 7) is 2.49. The number of nitrogens with zero attached hydrogens (tertiary/aromatic N) is 5. The molecule has 0 spiro atoms. The van der Waals surface area contributed by atoms with Crippen LogP contribution < -0.4 is 5.32 Å². The predicted molar refractivity (Wildman–Crippen MR) is 129 cm³/mol. The molecule has 0 aliphatic rings. The Bertz CT molecular complexity index is 1490. The number of fused-ring (bicyclic) bond motifs is 1. The number of pyridine rings is 1. The highest BCUT2D eigenvalue weighted by atomic mass is 35.5. The van der Waals surface area contributed by atoms with Gasteiger partial charge >= 0.3 is 0 Å². The van der Waals surface area contributed by atoms with Crippen LogP contribution in [-0.4, -0.2) is 30.5 Å². The quantitative estimate of drug-likeness (QED) is 0.399. The molecule has 0 bridgehead atoms. The number of hydrogen-bond donors (Lipinski definition) is 1. The van der Waals surface area contributed by atoms with Gasteiger partial charge in [-0.1, -0.05) is 41.9 Å². The van der Waals surface area contributed by atoms with Crippen molar-refractivity contribution in [2.24, 2.45) is 7.05 Å². The minimum absolute atomic E-state index is 0.198. The Morgan fingerprint density at radius 3 is 2.70 bits per heavy atom. The largest absolute Gasteiger partial charge is 0.322 e. The fourth-order valence-electron chi connectivity index (χ4n) is 3.91. The van der Waals surface area contributed by atoms with Gasteiger partial charge in [0.25, 0.3) is 5.91 Å². The van der Waals surface area contributed by atoms with Gasteiger partial charge in [0.15, 0.2) is 0 Å². The normalized spacial score (nSPS) is 11.1. The van der Waals surface area contributed by atoms with Crippen molar-refractivity contribution < 1.29 is 4.79 Å². The lowest BCUT2D eigenvalue weighted by molar-refractivity contribution is 0.102. The summed E-state index contributed by atoms with van der Waals surface area (Å²) in [7, 11) is 1.87. The number of carbonyl (C=O) groups excluding carboxylic acids is 1. The molecule has 2 aromatic carbocycles. The Morgan fingerprint density at radius 1 is 1.09 bits per heavy atom. The fraction of sp³-hybridized carbons (Fsp3) is 0.120. The molecule has 3 heterocycles. The molecule has 7 nitrogen and oxygen atoms in total. The van der Waals surface area contributed by atoms with E-state index >= 15 is 0 Å². The monoisotopic (exact) mass is 456 g/mol. The molecule has 8 heteroatoms. The second-order valence-corrected chi connectivity index (χ2v) is 8.32. The lowest BCUT2D eigenvalue weighted by Crippen LogP contribution is -2.13. The van der Waals surface area contributed by atoms with Gasteiger partial charge in [-0.15, -0.1) is 0 Å². The van der Waals surface area contributed by atoms with E-state index in [2.05, 4.69) is 15.5 Å². The third kappa shape index (κ3) is 4.36. The third-order valence-electron chi connectivity index (χ3n) is 5.38. The number of aromatic nitrogens is 5. The molecular formula is C25H21ClN6O. The standard InChI is InChI=1S/C25H21ClN6O/c1-16-22(15-31(2)30-16)24-11-21(20-8-3-4-9-23(20)29-24)25(33)28-19-7-5-6-17(10-19)13-32-14-18(26)12-27-32/h3-12,14-15H,13H2,1-2H3,(H,28,33). The lowest BCUT2D eigenvalue weighted by Gasteiger charge is -2.11. The number of rotatable bonds is 5. The molecule has 3 aromatic heterocycles. The van der Waals surface area contributed by atoms with Gasteiger partial charge in [0.05, 0.1) is 40.2 Å². The Balaban J connectivity index is 1.48. The molecule has 1 amide bonds. The first-order valence-corrected chi connectivity index (χ1v) is 10.8. The van der Waals surface area contributed by atoms with Crippen LogP contribution >= 0.6 is 11.6 Å². The summed E-state index contributed by atoms with van der Waals surface area (Å²) < 4.78 is 3.50. The first-order valence-electron chi connectivity index (χ1n) is 10.4. The van der Waals surface area contributed by atoms with Gasteiger partial charge < -0.3 is 5.32 Å². The van der Waals surface area contributed by atoms with E-state index in [1.54, 1.807) is 21.8 Å². The van der Waals surface area contributed by atoms with Gasteiger partial charge in [-0.05, 0) is 36.8 Å². The molecule has 0 aliphatic heterocycles. The molecule has 0 saturated carbocycles. The van der Waals surface area contributed by atoms with Crippen molar-refractivity contribution in [1.82, 2.24) is 24.5 Å². The van der Waals surface area contributed by atoms with Gasteiger partial charge in [0.1, 0.15) is 0 Å². The first kappa shape index (κ1) is 20.9. The minimum atomic E-state index is -0.198. The summed E-state index contributed by atoms with van der Waals surface area (Å²) in [4.78, 5) is 18.2. The number of benzene rings is 2. The summed E-state index contributed by atoms with van der Waals surface area (Å²) in [6, 6.07) is 17.2. The zero-order valence-electron chi connectivity index (χ0n) is 18.2. The minimum Gasteiger partial charge on any atom is -0.322 e. The zero-order valence-corrected chi connectivity index (χ0v) is 18.9. The summed E-state index contributed by atoms with van der Waals surface area (Å²) in [5.41, 5.74) is 5.49. The number of hydrogen-bond acceptors (Lipinski definition) is 4. The van der Waals surface area contributed by atoms with Crippen LogP contribution in [0.2, 0.25) is 5.02 Å². The maximum Gasteiger partial charge on any atom is 0.256 e. The highest BCUT2D eigenvalue weighted by molar-refractivity contribution is 6.30. The van der Waals surface area contributed by atoms with Crippen molar-refractivity contribution in [2.75, 3.05) is 5.32 Å². The number of carbonyl (C=O) groups is 1. The Morgan fingerprint density at radius 2 is 1.94 bits per heavy atom. The molecule has 5 aromatic rings. The Kier molecular flexibility index (Phi) is 5.40. The SMILES string of the molecule is Cc1nn(C)cc1-c1cc(C(=O)Nc2cccc(Cn3cc(Cl)cn3)c2)c2ccccc2n1. The van der Waals surface area contributed by atoms with Crippen LogP contribution in [0.25, 0.3) is 22.2 Å². The maximum atomic E-state index is 13.4. The van der Waals surface area contributed by atoms with Crippen molar-refractivity contribution in [3.63, 3.8) is 0 Å². The Hall–Kier alpha value is -3.97. The van der Waals surface area contributed by atoms with Gasteiger partial charge in [0, 0.05) is 36.1 Å². The van der Waals surface area contributed by atoms with Gasteiger partial charge in [-0.25, -0.2) is 4.98 Å². The molecule has 164 valence electrons. The van der Waals surface area contributed by atoms with Crippen LogP contribution in [0.1, 0.15) is 21.6 Å². The summed E-state index contributed by atoms with van der Waals surface area (Å²) >= 11 is 5.96. The van der Waals surface area contributed by atoms with E-state index in [9.17, 15) is 4.79 Å². The van der Waals surface area contributed by atoms with E-state index in [1.165, 1.54) is 0 Å². The molecule has 0 aliphatic carbocycles. The molecular weight excluding hydrogens is 436 g/mol. The van der Waals surface area contributed by atoms with E-state index < -0.39 is 0 Å². The number of anilines is 1. The van der Waals surface area contributed by atoms with E-state index in [-0.39, 0.29) is 5.91 Å². The molecule has 33 heavy (non-hydrogen) atoms. The average molecular weight is 457 g/mol. The molecule has 0 atom stereocenters. The number of amides is 1. The zero-order chi connectivity index (χ0) is 22.9. The fourth-order valence-corrected chi connectivity index (χ4v) is 4.07. The van der Waals surface area contributed by atoms with Crippen molar-refractivity contribution >= 4 is 34.1 Å². The topological polar surface area (TPSA) is 77.6 Å². The average Bonchev–Trinajstić information content (AvgIpc) is 3.36. The maximum absolute atomic E-state index is 13.4. The van der Waals surface area contributed by atoms with Crippen molar-refractivity contribution in [3.05, 3.63) is 95.0 Å². The smallest absolute Gasteiger partial charge is 0.256 e. The van der Waals surface area contributed by atoms with Crippen LogP contribution in [0, 0.1) is 6.92 Å². The van der Waals surface area contributed by atoms with Crippen molar-refractivity contribution in [2.45, 2.75) is 13.5 Å². The number of para-hydroxylation sites is 1. The van der Waals surface area contributed by atoms with E-state index in [1.807, 2.05) is 74.8 Å². The summed E-state index contributed by atoms with van der Waals surface area (Å²) in [5, 5.41) is 13.0. The highest BCUT2D eigenvalue weighted by Crippen LogP contribution is 2.27. The first-order chi connectivity index (χ1) is 16.0. The van der Waals surface area contributed by atoms with Gasteiger partial charge in [0.2, 0.25) is 0 Å². The van der Waals surface area contributed by atoms with Crippen LogP contribution in [0.4, 0.5) is 5.69 Å². The van der Waals surface area contributed by atoms with Crippen molar-refractivity contribution in [1.29, 1.82) is 0 Å². The van der Waals surface area contributed by atoms with Gasteiger partial charge in [-0.3, -0.25) is 14.2 Å². The number of halogens is 1. The second-order valence-electron chi connectivity index (χ2n) is 7.88. The van der Waals surface area contributed by atoms with Crippen LogP contribution in [0.5, 0.6) is 0 Å². The van der Waals surface area contributed by atoms with E-state index in [0.29, 0.717) is 28.5 Å². The summed E-state index contributed by atoms with van der Waals surface area (Å²) in [5.74, 6) is -0.198. The number of aryl methyl sites for hydroxylation is 2. The molecule has 5 rings (SSSR count).